The molecule has 1 aromatic heterocycles. The number of nitrogens with zero attached hydrogens (tertiary/aromatic N) is 1. The second-order valence-electron chi connectivity index (χ2n) is 8.56. The molecule has 3 aromatic rings. The molecule has 0 saturated carbocycles. The Hall–Kier alpha value is -3.52. The van der Waals surface area contributed by atoms with Crippen molar-refractivity contribution in [2.45, 2.75) is 26.4 Å². The number of para-hydroxylation sites is 3. The number of hydrogen-bond donors (Lipinski definition) is 2. The van der Waals surface area contributed by atoms with Gasteiger partial charge in [-0.25, -0.2) is 4.79 Å². The van der Waals surface area contributed by atoms with Crippen molar-refractivity contribution in [3.63, 3.8) is 0 Å². The largest absolute Gasteiger partial charge is 0.488 e. The van der Waals surface area contributed by atoms with Crippen LogP contribution in [0.2, 0.25) is 0 Å². The molecule has 1 heterocycles. The highest BCUT2D eigenvalue weighted by Crippen LogP contribution is 2.30. The standard InChI is InChI=1S/C24H29N3O5/c1-24(2,3)32-23(29)26-18-11-7-6-10-17(18)25-22(28)20-15-16-9-8-12-19(21(16)31-20)30-14-13-27(4)5/h6-12,15H,13-14H2,1-5H3,(H,25,28)(H,26,29). The third-order valence-corrected chi connectivity index (χ3v) is 4.34. The molecule has 0 unspecified atom stereocenters. The molecule has 170 valence electrons. The fourth-order valence-electron chi connectivity index (χ4n) is 2.90. The predicted octanol–water partition coefficient (Wildman–Crippen LogP) is 4.97. The number of anilines is 2. The molecule has 0 aliphatic heterocycles. The van der Waals surface area contributed by atoms with E-state index in [9.17, 15) is 9.59 Å². The summed E-state index contributed by atoms with van der Waals surface area (Å²) in [7, 11) is 3.93. The van der Waals surface area contributed by atoms with Crippen molar-refractivity contribution in [3.8, 4) is 5.75 Å². The number of nitrogens with one attached hydrogen (secondary N) is 2. The summed E-state index contributed by atoms with van der Waals surface area (Å²) in [6.07, 6.45) is -0.609. The van der Waals surface area contributed by atoms with E-state index in [1.165, 1.54) is 0 Å². The predicted molar refractivity (Wildman–Crippen MR) is 125 cm³/mol. The van der Waals surface area contributed by atoms with Gasteiger partial charge in [-0.05, 0) is 59.1 Å². The first-order valence-corrected chi connectivity index (χ1v) is 10.3. The summed E-state index contributed by atoms with van der Waals surface area (Å²) in [5.41, 5.74) is 0.713. The van der Waals surface area contributed by atoms with Gasteiger partial charge in [-0.15, -0.1) is 0 Å². The minimum absolute atomic E-state index is 0.135. The maximum absolute atomic E-state index is 12.9. The second-order valence-corrected chi connectivity index (χ2v) is 8.56. The van der Waals surface area contributed by atoms with Gasteiger partial charge in [-0.1, -0.05) is 24.3 Å². The van der Waals surface area contributed by atoms with Crippen molar-refractivity contribution >= 4 is 34.3 Å². The molecule has 0 radical (unpaired) electrons. The van der Waals surface area contributed by atoms with Crippen LogP contribution in [0.15, 0.2) is 52.9 Å². The molecule has 0 spiro atoms. The average molecular weight is 440 g/mol. The molecule has 0 bridgehead atoms. The molecule has 2 N–H and O–H groups in total. The summed E-state index contributed by atoms with van der Waals surface area (Å²) >= 11 is 0. The molecule has 0 aliphatic carbocycles. The van der Waals surface area contributed by atoms with Crippen LogP contribution in [-0.2, 0) is 4.74 Å². The molecule has 0 atom stereocenters. The highest BCUT2D eigenvalue weighted by molar-refractivity contribution is 6.07. The quantitative estimate of drug-likeness (QED) is 0.540. The van der Waals surface area contributed by atoms with Crippen molar-refractivity contribution in [2.24, 2.45) is 0 Å². The van der Waals surface area contributed by atoms with Crippen LogP contribution in [0.25, 0.3) is 11.0 Å². The van der Waals surface area contributed by atoms with Gasteiger partial charge in [0.1, 0.15) is 12.2 Å². The fourth-order valence-corrected chi connectivity index (χ4v) is 2.90. The van der Waals surface area contributed by atoms with E-state index in [1.54, 1.807) is 51.1 Å². The van der Waals surface area contributed by atoms with Gasteiger partial charge in [0.25, 0.3) is 5.91 Å². The summed E-state index contributed by atoms with van der Waals surface area (Å²) < 4.78 is 16.9. The Morgan fingerprint density at radius 2 is 1.69 bits per heavy atom. The number of amides is 2. The minimum Gasteiger partial charge on any atom is -0.488 e. The topological polar surface area (TPSA) is 93.0 Å². The number of fused-ring (bicyclic) bond motifs is 1. The zero-order valence-electron chi connectivity index (χ0n) is 19.0. The first-order valence-electron chi connectivity index (χ1n) is 10.3. The zero-order chi connectivity index (χ0) is 23.3. The first kappa shape index (κ1) is 23.1. The van der Waals surface area contributed by atoms with Crippen LogP contribution in [0, 0.1) is 0 Å². The number of hydrogen-bond acceptors (Lipinski definition) is 6. The minimum atomic E-state index is -0.636. The lowest BCUT2D eigenvalue weighted by Gasteiger charge is -2.20. The van der Waals surface area contributed by atoms with E-state index < -0.39 is 17.6 Å². The number of likely N-dealkylation sites (N-methyl/N-ethyl adjacent to an activating group) is 1. The molecular formula is C24H29N3O5. The lowest BCUT2D eigenvalue weighted by atomic mass is 10.2. The molecule has 2 amide bonds. The van der Waals surface area contributed by atoms with Crippen LogP contribution in [0.4, 0.5) is 16.2 Å². The third-order valence-electron chi connectivity index (χ3n) is 4.34. The summed E-state index contributed by atoms with van der Waals surface area (Å²) in [4.78, 5) is 27.0. The van der Waals surface area contributed by atoms with Crippen LogP contribution in [0.1, 0.15) is 31.3 Å². The molecule has 8 nitrogen and oxygen atoms in total. The van der Waals surface area contributed by atoms with E-state index in [-0.39, 0.29) is 5.76 Å². The molecule has 8 heteroatoms. The Bertz CT molecular complexity index is 1100. The fraction of sp³-hybridized carbons (Fsp3) is 0.333. The molecule has 2 aromatic carbocycles. The normalized spacial score (nSPS) is 11.4. The monoisotopic (exact) mass is 439 g/mol. The number of carbonyl (C=O) groups excluding carboxylic acids is 2. The van der Waals surface area contributed by atoms with E-state index in [1.807, 2.05) is 37.2 Å². The van der Waals surface area contributed by atoms with Crippen molar-refractivity contribution in [1.29, 1.82) is 0 Å². The lowest BCUT2D eigenvalue weighted by Crippen LogP contribution is -2.27. The maximum Gasteiger partial charge on any atom is 0.412 e. The van der Waals surface area contributed by atoms with Crippen LogP contribution in [0.3, 0.4) is 0 Å². The Morgan fingerprint density at radius 3 is 2.34 bits per heavy atom. The summed E-state index contributed by atoms with van der Waals surface area (Å²) in [6, 6.07) is 14.0. The zero-order valence-corrected chi connectivity index (χ0v) is 19.0. The Balaban J connectivity index is 1.76. The highest BCUT2D eigenvalue weighted by atomic mass is 16.6. The van der Waals surface area contributed by atoms with Gasteiger partial charge in [0.15, 0.2) is 17.1 Å². The molecule has 0 saturated heterocycles. The highest BCUT2D eigenvalue weighted by Gasteiger charge is 2.19. The van der Waals surface area contributed by atoms with Crippen LogP contribution < -0.4 is 15.4 Å². The van der Waals surface area contributed by atoms with E-state index in [4.69, 9.17) is 13.9 Å². The van der Waals surface area contributed by atoms with Gasteiger partial charge in [0.05, 0.1) is 11.4 Å². The lowest BCUT2D eigenvalue weighted by molar-refractivity contribution is 0.0635. The maximum atomic E-state index is 12.9. The number of furan rings is 1. The van der Waals surface area contributed by atoms with Gasteiger partial charge in [0, 0.05) is 11.9 Å². The molecule has 0 fully saturated rings. The van der Waals surface area contributed by atoms with Gasteiger partial charge in [-0.3, -0.25) is 10.1 Å². The third kappa shape index (κ3) is 6.24. The van der Waals surface area contributed by atoms with E-state index in [0.29, 0.717) is 29.3 Å². The molecule has 32 heavy (non-hydrogen) atoms. The summed E-state index contributed by atoms with van der Waals surface area (Å²) in [5, 5.41) is 6.21. The van der Waals surface area contributed by atoms with Crippen LogP contribution in [-0.4, -0.2) is 49.7 Å². The SMILES string of the molecule is CN(C)CCOc1cccc2cc(C(=O)Nc3ccccc3NC(=O)OC(C)(C)C)oc12. The van der Waals surface area contributed by atoms with Crippen LogP contribution in [0.5, 0.6) is 5.75 Å². The van der Waals surface area contributed by atoms with Crippen molar-refractivity contribution in [3.05, 3.63) is 54.3 Å². The van der Waals surface area contributed by atoms with E-state index >= 15 is 0 Å². The Morgan fingerprint density at radius 1 is 1.00 bits per heavy atom. The Kier molecular flexibility index (Phi) is 7.05. The van der Waals surface area contributed by atoms with E-state index in [2.05, 4.69) is 10.6 Å². The summed E-state index contributed by atoms with van der Waals surface area (Å²) in [6.45, 7) is 6.59. The number of rotatable bonds is 7. The van der Waals surface area contributed by atoms with E-state index in [0.717, 1.165) is 11.9 Å². The van der Waals surface area contributed by atoms with Crippen molar-refractivity contribution in [2.75, 3.05) is 37.9 Å². The van der Waals surface area contributed by atoms with Gasteiger partial charge in [-0.2, -0.15) is 0 Å². The molecular weight excluding hydrogens is 410 g/mol. The Labute approximate surface area is 187 Å². The first-order chi connectivity index (χ1) is 15.1. The van der Waals surface area contributed by atoms with Gasteiger partial charge < -0.3 is 24.1 Å². The van der Waals surface area contributed by atoms with Crippen molar-refractivity contribution in [1.82, 2.24) is 4.90 Å². The number of ether oxygens (including phenoxy) is 2. The summed E-state index contributed by atoms with van der Waals surface area (Å²) in [5.74, 6) is 0.269. The molecule has 3 rings (SSSR count). The van der Waals surface area contributed by atoms with Gasteiger partial charge >= 0.3 is 6.09 Å². The van der Waals surface area contributed by atoms with Crippen LogP contribution >= 0.6 is 0 Å². The number of carbonyl (C=O) groups is 2. The average Bonchev–Trinajstić information content (AvgIpc) is 3.13. The smallest absolute Gasteiger partial charge is 0.412 e. The number of benzene rings is 2. The second kappa shape index (κ2) is 9.74. The molecule has 0 aliphatic rings. The van der Waals surface area contributed by atoms with Crippen molar-refractivity contribution < 1.29 is 23.5 Å². The van der Waals surface area contributed by atoms with Gasteiger partial charge in [0.2, 0.25) is 0 Å².